The Morgan fingerprint density at radius 3 is 2.88 bits per heavy atom. The third-order valence-electron chi connectivity index (χ3n) is 3.03. The molecule has 0 aliphatic heterocycles. The van der Waals surface area contributed by atoms with E-state index in [1.807, 2.05) is 18.2 Å². The molecule has 0 bridgehead atoms. The van der Waals surface area contributed by atoms with Gasteiger partial charge in [-0.1, -0.05) is 17.7 Å². The summed E-state index contributed by atoms with van der Waals surface area (Å²) in [6.07, 6.45) is 1.36. The maximum atomic E-state index is 10.7. The predicted molar refractivity (Wildman–Crippen MR) is 60.7 cm³/mol. The lowest BCUT2D eigenvalue weighted by Crippen LogP contribution is -2.38. The van der Waals surface area contributed by atoms with Gasteiger partial charge in [0.25, 0.3) is 0 Å². The summed E-state index contributed by atoms with van der Waals surface area (Å²) in [5.41, 5.74) is 0.991. The van der Waals surface area contributed by atoms with Crippen molar-refractivity contribution < 1.29 is 15.0 Å². The van der Waals surface area contributed by atoms with Gasteiger partial charge in [-0.05, 0) is 36.1 Å². The Kier molecular flexibility index (Phi) is 2.91. The molecule has 1 aliphatic rings. The summed E-state index contributed by atoms with van der Waals surface area (Å²) >= 11 is 5.88. The van der Waals surface area contributed by atoms with Crippen molar-refractivity contribution in [1.29, 1.82) is 0 Å². The van der Waals surface area contributed by atoms with Gasteiger partial charge in [0.05, 0.1) is 12.0 Å². The van der Waals surface area contributed by atoms with Crippen molar-refractivity contribution in [3.05, 3.63) is 34.3 Å². The molecule has 2 rings (SSSR count). The van der Waals surface area contributed by atoms with Gasteiger partial charge in [-0.25, -0.2) is 0 Å². The molecule has 1 aromatic carbocycles. The molecule has 86 valence electrons. The standard InChI is InChI=1S/C12H13ClO3/c13-10-2-1-8-3-4-12(16,7-11(14)15)6-9(8)5-10/h1-2,5,16H,3-4,6-7H2,(H,14,15). The second-order valence-corrected chi connectivity index (χ2v) is 4.82. The molecule has 1 aromatic rings. The Labute approximate surface area is 98.7 Å². The summed E-state index contributed by atoms with van der Waals surface area (Å²) in [5, 5.41) is 19.5. The minimum Gasteiger partial charge on any atom is -0.481 e. The van der Waals surface area contributed by atoms with Gasteiger partial charge in [-0.15, -0.1) is 0 Å². The Balaban J connectivity index is 2.25. The third kappa shape index (κ3) is 2.36. The molecule has 0 saturated carbocycles. The van der Waals surface area contributed by atoms with Gasteiger partial charge >= 0.3 is 5.97 Å². The number of benzene rings is 1. The van der Waals surface area contributed by atoms with Crippen molar-refractivity contribution in [2.45, 2.75) is 31.3 Å². The van der Waals surface area contributed by atoms with Crippen LogP contribution in [-0.2, 0) is 17.6 Å². The number of hydrogen-bond acceptors (Lipinski definition) is 2. The number of rotatable bonds is 2. The second-order valence-electron chi connectivity index (χ2n) is 4.38. The number of aryl methyl sites for hydroxylation is 1. The fourth-order valence-electron chi connectivity index (χ4n) is 2.25. The summed E-state index contributed by atoms with van der Waals surface area (Å²) in [7, 11) is 0. The first-order chi connectivity index (χ1) is 7.48. The molecular weight excluding hydrogens is 228 g/mol. The number of carboxylic acid groups (broad SMARTS) is 1. The van der Waals surface area contributed by atoms with Crippen LogP contribution >= 0.6 is 11.6 Å². The van der Waals surface area contributed by atoms with E-state index in [-0.39, 0.29) is 6.42 Å². The van der Waals surface area contributed by atoms with E-state index in [1.165, 1.54) is 0 Å². The predicted octanol–water partition coefficient (Wildman–Crippen LogP) is 2.03. The molecule has 0 spiro atoms. The van der Waals surface area contributed by atoms with Crippen LogP contribution in [0.5, 0.6) is 0 Å². The Morgan fingerprint density at radius 1 is 1.44 bits per heavy atom. The highest BCUT2D eigenvalue weighted by Gasteiger charge is 2.34. The topological polar surface area (TPSA) is 57.5 Å². The SMILES string of the molecule is O=C(O)CC1(O)CCc2ccc(Cl)cc2C1. The van der Waals surface area contributed by atoms with Crippen molar-refractivity contribution in [3.63, 3.8) is 0 Å². The first-order valence-corrected chi connectivity index (χ1v) is 5.58. The highest BCUT2D eigenvalue weighted by atomic mass is 35.5. The molecule has 0 radical (unpaired) electrons. The van der Waals surface area contributed by atoms with Crippen LogP contribution in [0.25, 0.3) is 0 Å². The molecule has 0 amide bonds. The van der Waals surface area contributed by atoms with E-state index in [0.717, 1.165) is 11.1 Å². The highest BCUT2D eigenvalue weighted by molar-refractivity contribution is 6.30. The van der Waals surface area contributed by atoms with Gasteiger partial charge in [0, 0.05) is 11.4 Å². The van der Waals surface area contributed by atoms with Crippen molar-refractivity contribution >= 4 is 17.6 Å². The third-order valence-corrected chi connectivity index (χ3v) is 3.26. The van der Waals surface area contributed by atoms with E-state index in [4.69, 9.17) is 16.7 Å². The van der Waals surface area contributed by atoms with Crippen LogP contribution in [0.4, 0.5) is 0 Å². The Morgan fingerprint density at radius 2 is 2.19 bits per heavy atom. The number of halogens is 1. The smallest absolute Gasteiger partial charge is 0.306 e. The lowest BCUT2D eigenvalue weighted by atomic mass is 9.79. The second kappa shape index (κ2) is 4.07. The van der Waals surface area contributed by atoms with E-state index in [0.29, 0.717) is 24.3 Å². The normalized spacial score (nSPS) is 23.9. The van der Waals surface area contributed by atoms with E-state index in [2.05, 4.69) is 0 Å². The largest absolute Gasteiger partial charge is 0.481 e. The maximum absolute atomic E-state index is 10.7. The maximum Gasteiger partial charge on any atom is 0.306 e. The highest BCUT2D eigenvalue weighted by Crippen LogP contribution is 2.32. The van der Waals surface area contributed by atoms with E-state index in [9.17, 15) is 9.90 Å². The van der Waals surface area contributed by atoms with Crippen LogP contribution in [-0.4, -0.2) is 21.8 Å². The molecular formula is C12H13ClO3. The summed E-state index contributed by atoms with van der Waals surface area (Å²) < 4.78 is 0. The van der Waals surface area contributed by atoms with Crippen LogP contribution in [0.3, 0.4) is 0 Å². The molecule has 0 fully saturated rings. The molecule has 1 atom stereocenters. The lowest BCUT2D eigenvalue weighted by Gasteiger charge is -2.32. The minimum atomic E-state index is -1.12. The zero-order valence-corrected chi connectivity index (χ0v) is 9.50. The summed E-state index contributed by atoms with van der Waals surface area (Å²) in [6.45, 7) is 0. The van der Waals surface area contributed by atoms with Crippen LogP contribution in [0.15, 0.2) is 18.2 Å². The number of aliphatic hydroxyl groups is 1. The average molecular weight is 241 g/mol. The van der Waals surface area contributed by atoms with E-state index in [1.54, 1.807) is 0 Å². The fourth-order valence-corrected chi connectivity index (χ4v) is 2.44. The molecule has 16 heavy (non-hydrogen) atoms. The lowest BCUT2D eigenvalue weighted by molar-refractivity contribution is -0.143. The van der Waals surface area contributed by atoms with Gasteiger partial charge in [-0.3, -0.25) is 4.79 Å². The average Bonchev–Trinajstić information content (AvgIpc) is 2.14. The van der Waals surface area contributed by atoms with E-state index >= 15 is 0 Å². The van der Waals surface area contributed by atoms with Gasteiger partial charge in [-0.2, -0.15) is 0 Å². The molecule has 0 heterocycles. The van der Waals surface area contributed by atoms with Gasteiger partial charge in [0.1, 0.15) is 0 Å². The minimum absolute atomic E-state index is 0.209. The van der Waals surface area contributed by atoms with Gasteiger partial charge < -0.3 is 10.2 Å². The molecule has 2 N–H and O–H groups in total. The Hall–Kier alpha value is -1.06. The zero-order valence-electron chi connectivity index (χ0n) is 8.74. The first kappa shape index (κ1) is 11.4. The number of carboxylic acids is 1. The van der Waals surface area contributed by atoms with Crippen molar-refractivity contribution in [2.24, 2.45) is 0 Å². The summed E-state index contributed by atoms with van der Waals surface area (Å²) in [5.74, 6) is -0.965. The van der Waals surface area contributed by atoms with Crippen molar-refractivity contribution in [2.75, 3.05) is 0 Å². The molecule has 0 aromatic heterocycles. The van der Waals surface area contributed by atoms with Crippen LogP contribution in [0.1, 0.15) is 24.0 Å². The van der Waals surface area contributed by atoms with Crippen LogP contribution in [0, 0.1) is 0 Å². The van der Waals surface area contributed by atoms with Crippen molar-refractivity contribution in [1.82, 2.24) is 0 Å². The summed E-state index contributed by atoms with van der Waals surface area (Å²) in [6, 6.07) is 5.57. The Bertz CT molecular complexity index is 430. The molecule has 1 unspecified atom stereocenters. The number of fused-ring (bicyclic) bond motifs is 1. The van der Waals surface area contributed by atoms with E-state index < -0.39 is 11.6 Å². The first-order valence-electron chi connectivity index (χ1n) is 5.20. The zero-order chi connectivity index (χ0) is 11.8. The van der Waals surface area contributed by atoms with Crippen LogP contribution in [0.2, 0.25) is 5.02 Å². The molecule has 1 aliphatic carbocycles. The quantitative estimate of drug-likeness (QED) is 0.832. The van der Waals surface area contributed by atoms with Crippen LogP contribution < -0.4 is 0 Å². The number of aliphatic carboxylic acids is 1. The molecule has 4 heteroatoms. The summed E-state index contributed by atoms with van der Waals surface area (Å²) in [4.78, 5) is 10.7. The number of carbonyl (C=O) groups is 1. The van der Waals surface area contributed by atoms with Gasteiger partial charge in [0.15, 0.2) is 0 Å². The monoisotopic (exact) mass is 240 g/mol. The fraction of sp³-hybridized carbons (Fsp3) is 0.417. The molecule has 3 nitrogen and oxygen atoms in total. The number of hydrogen-bond donors (Lipinski definition) is 2. The van der Waals surface area contributed by atoms with Crippen molar-refractivity contribution in [3.8, 4) is 0 Å². The van der Waals surface area contributed by atoms with Gasteiger partial charge in [0.2, 0.25) is 0 Å². The molecule has 0 saturated heterocycles.